The maximum absolute atomic E-state index is 12.1. The molecule has 1 unspecified atom stereocenters. The molecule has 0 spiro atoms. The average Bonchev–Trinajstić information content (AvgIpc) is 2.33. The lowest BCUT2D eigenvalue weighted by Gasteiger charge is -2.27. The number of hydrogen-bond donors (Lipinski definition) is 2. The number of carbonyl (C=O) groups excluding carboxylic acids is 2. The molecule has 0 aromatic carbocycles. The van der Waals surface area contributed by atoms with E-state index in [1.165, 1.54) is 6.92 Å². The summed E-state index contributed by atoms with van der Waals surface area (Å²) < 4.78 is 0. The van der Waals surface area contributed by atoms with Crippen LogP contribution in [0.2, 0.25) is 0 Å². The van der Waals surface area contributed by atoms with Gasteiger partial charge in [0.1, 0.15) is 0 Å². The molecule has 0 saturated heterocycles. The minimum atomic E-state index is -1.11. The van der Waals surface area contributed by atoms with Gasteiger partial charge < -0.3 is 10.2 Å². The van der Waals surface area contributed by atoms with E-state index in [-0.39, 0.29) is 5.57 Å². The molecule has 0 heterocycles. The van der Waals surface area contributed by atoms with Gasteiger partial charge in [-0.1, -0.05) is 6.92 Å². The van der Waals surface area contributed by atoms with Gasteiger partial charge in [0, 0.05) is 5.57 Å². The molecule has 0 rings (SSSR count). The van der Waals surface area contributed by atoms with Gasteiger partial charge in [-0.3, -0.25) is 9.59 Å². The average molecular weight is 256 g/mol. The monoisotopic (exact) mass is 256 g/mol. The molecule has 0 aliphatic rings. The molecule has 104 valence electrons. The summed E-state index contributed by atoms with van der Waals surface area (Å²) in [5.41, 5.74) is -0.368. The molecule has 0 aromatic heterocycles. The van der Waals surface area contributed by atoms with Gasteiger partial charge in [-0.05, 0) is 46.6 Å². The van der Waals surface area contributed by atoms with Crippen molar-refractivity contribution in [1.82, 2.24) is 0 Å². The fourth-order valence-electron chi connectivity index (χ4n) is 1.62. The highest BCUT2D eigenvalue weighted by atomic mass is 16.3. The lowest BCUT2D eigenvalue weighted by atomic mass is 9.77. The van der Waals surface area contributed by atoms with Crippen molar-refractivity contribution in [1.29, 1.82) is 0 Å². The predicted molar refractivity (Wildman–Crippen MR) is 70.1 cm³/mol. The van der Waals surface area contributed by atoms with Gasteiger partial charge in [0.25, 0.3) is 0 Å². The summed E-state index contributed by atoms with van der Waals surface area (Å²) in [6.07, 6.45) is -1.21. The molecule has 18 heavy (non-hydrogen) atoms. The summed E-state index contributed by atoms with van der Waals surface area (Å²) in [7, 11) is 0. The Balaban J connectivity index is 5.26. The van der Waals surface area contributed by atoms with E-state index >= 15 is 0 Å². The first-order valence-electron chi connectivity index (χ1n) is 6.19. The van der Waals surface area contributed by atoms with Crippen LogP contribution in [-0.4, -0.2) is 34.0 Å². The number of Topliss-reactive ketones (excluding diaryl/α,β-unsaturated/α-hetero) is 2. The first-order chi connectivity index (χ1) is 8.07. The van der Waals surface area contributed by atoms with E-state index in [9.17, 15) is 19.8 Å². The van der Waals surface area contributed by atoms with E-state index < -0.39 is 29.2 Å². The molecule has 0 radical (unpaired) electrons. The van der Waals surface area contributed by atoms with Gasteiger partial charge >= 0.3 is 0 Å². The lowest BCUT2D eigenvalue weighted by molar-refractivity contribution is -0.143. The Labute approximate surface area is 109 Å². The molecule has 4 nitrogen and oxygen atoms in total. The van der Waals surface area contributed by atoms with Crippen molar-refractivity contribution in [3.63, 3.8) is 0 Å². The van der Waals surface area contributed by atoms with Gasteiger partial charge in [0.2, 0.25) is 11.6 Å². The van der Waals surface area contributed by atoms with Crippen LogP contribution in [0.1, 0.15) is 48.0 Å². The second-order valence-electron chi connectivity index (χ2n) is 5.29. The van der Waals surface area contributed by atoms with Crippen LogP contribution in [0.3, 0.4) is 0 Å². The Morgan fingerprint density at radius 1 is 1.17 bits per heavy atom. The molecule has 0 aromatic rings. The van der Waals surface area contributed by atoms with Crippen LogP contribution in [0.4, 0.5) is 0 Å². The normalized spacial score (nSPS) is 16.9. The third-order valence-corrected chi connectivity index (χ3v) is 3.57. The van der Waals surface area contributed by atoms with E-state index in [2.05, 4.69) is 0 Å². The van der Waals surface area contributed by atoms with Gasteiger partial charge in [0.05, 0.1) is 17.6 Å². The Hall–Kier alpha value is -1.00. The number of rotatable bonds is 6. The van der Waals surface area contributed by atoms with Crippen molar-refractivity contribution in [3.05, 3.63) is 11.1 Å². The van der Waals surface area contributed by atoms with Crippen molar-refractivity contribution in [3.8, 4) is 0 Å². The summed E-state index contributed by atoms with van der Waals surface area (Å²) in [5.74, 6) is -1.25. The molecule has 0 fully saturated rings. The van der Waals surface area contributed by atoms with E-state index in [4.69, 9.17) is 0 Å². The Bertz CT molecular complexity index is 364. The Morgan fingerprint density at radius 2 is 1.61 bits per heavy atom. The summed E-state index contributed by atoms with van der Waals surface area (Å²) >= 11 is 0. The van der Waals surface area contributed by atoms with Crippen LogP contribution < -0.4 is 0 Å². The first-order valence-corrected chi connectivity index (χ1v) is 6.19. The van der Waals surface area contributed by atoms with Crippen molar-refractivity contribution in [2.24, 2.45) is 5.41 Å². The number of hydrogen-bond acceptors (Lipinski definition) is 4. The highest BCUT2D eigenvalue weighted by molar-refractivity contribution is 6.45. The fourth-order valence-corrected chi connectivity index (χ4v) is 1.62. The second kappa shape index (κ2) is 6.25. The van der Waals surface area contributed by atoms with E-state index in [1.807, 2.05) is 0 Å². The molecule has 0 saturated carbocycles. The van der Waals surface area contributed by atoms with Gasteiger partial charge in [-0.2, -0.15) is 0 Å². The quantitative estimate of drug-likeness (QED) is 0.559. The van der Waals surface area contributed by atoms with Crippen LogP contribution in [0, 0.1) is 5.41 Å². The molecule has 0 aliphatic heterocycles. The van der Waals surface area contributed by atoms with Crippen LogP contribution in [0.15, 0.2) is 11.1 Å². The standard InChI is InChI=1S/C14H24O4/c1-7-11(16)14(5,6)13(18)12(17)9(3)8(2)10(4)15/h10-11,15-16H,7H2,1-6H3/b9-8+/t10?,11-/m1/s1. The molecular formula is C14H24O4. The smallest absolute Gasteiger partial charge is 0.224 e. The van der Waals surface area contributed by atoms with Crippen LogP contribution >= 0.6 is 0 Å². The molecule has 2 atom stereocenters. The summed E-state index contributed by atoms with van der Waals surface area (Å²) in [6, 6.07) is 0. The molecule has 0 aliphatic carbocycles. The predicted octanol–water partition coefficient (Wildman–Crippen LogP) is 1.64. The second-order valence-corrected chi connectivity index (χ2v) is 5.29. The highest BCUT2D eigenvalue weighted by Gasteiger charge is 2.39. The molecule has 2 N–H and O–H groups in total. The van der Waals surface area contributed by atoms with E-state index in [0.717, 1.165) is 0 Å². The van der Waals surface area contributed by atoms with Crippen molar-refractivity contribution < 1.29 is 19.8 Å². The number of ketones is 2. The summed E-state index contributed by atoms with van der Waals surface area (Å²) in [4.78, 5) is 24.1. The zero-order valence-electron chi connectivity index (χ0n) is 12.1. The Kier molecular flexibility index (Phi) is 5.90. The lowest BCUT2D eigenvalue weighted by Crippen LogP contribution is -2.41. The molecule has 4 heteroatoms. The summed E-state index contributed by atoms with van der Waals surface area (Å²) in [6.45, 7) is 9.57. The number of carbonyl (C=O) groups is 2. The zero-order valence-corrected chi connectivity index (χ0v) is 12.1. The number of allylic oxidation sites excluding steroid dienone is 1. The van der Waals surface area contributed by atoms with Crippen molar-refractivity contribution >= 4 is 11.6 Å². The van der Waals surface area contributed by atoms with Crippen molar-refractivity contribution in [2.45, 2.75) is 60.2 Å². The van der Waals surface area contributed by atoms with Crippen molar-refractivity contribution in [2.75, 3.05) is 0 Å². The van der Waals surface area contributed by atoms with Crippen LogP contribution in [0.5, 0.6) is 0 Å². The van der Waals surface area contributed by atoms with Crippen LogP contribution in [0.25, 0.3) is 0 Å². The SMILES string of the molecule is CC[C@@H](O)C(C)(C)C(=O)C(=O)/C(C)=C(\C)C(C)O. The van der Waals surface area contributed by atoms with E-state index in [0.29, 0.717) is 12.0 Å². The third kappa shape index (κ3) is 3.50. The maximum Gasteiger partial charge on any atom is 0.224 e. The van der Waals surface area contributed by atoms with E-state index in [1.54, 1.807) is 34.6 Å². The minimum Gasteiger partial charge on any atom is -0.392 e. The van der Waals surface area contributed by atoms with Gasteiger partial charge in [-0.15, -0.1) is 0 Å². The molecule has 0 bridgehead atoms. The Morgan fingerprint density at radius 3 is 1.94 bits per heavy atom. The van der Waals surface area contributed by atoms with Gasteiger partial charge in [-0.25, -0.2) is 0 Å². The maximum atomic E-state index is 12.1. The molecule has 0 amide bonds. The zero-order chi connectivity index (χ0) is 14.7. The molecular weight excluding hydrogens is 232 g/mol. The number of aliphatic hydroxyl groups excluding tert-OH is 2. The largest absolute Gasteiger partial charge is 0.392 e. The third-order valence-electron chi connectivity index (χ3n) is 3.57. The number of aliphatic hydroxyl groups is 2. The fraction of sp³-hybridized carbons (Fsp3) is 0.714. The minimum absolute atomic E-state index is 0.256. The van der Waals surface area contributed by atoms with Gasteiger partial charge in [0.15, 0.2) is 0 Å². The van der Waals surface area contributed by atoms with Crippen LogP contribution in [-0.2, 0) is 9.59 Å². The highest BCUT2D eigenvalue weighted by Crippen LogP contribution is 2.26. The first kappa shape index (κ1) is 17.0. The summed E-state index contributed by atoms with van der Waals surface area (Å²) in [5, 5.41) is 19.2. The topological polar surface area (TPSA) is 74.6 Å².